The van der Waals surface area contributed by atoms with Crippen LogP contribution < -0.4 is 9.62 Å². The van der Waals surface area contributed by atoms with Crippen molar-refractivity contribution < 1.29 is 18.3 Å². The van der Waals surface area contributed by atoms with Gasteiger partial charge in [0.2, 0.25) is 0 Å². The van der Waals surface area contributed by atoms with Crippen molar-refractivity contribution in [2.75, 3.05) is 17.4 Å². The lowest BCUT2D eigenvalue weighted by molar-refractivity contribution is -0.137. The molecule has 0 saturated heterocycles. The third-order valence-electron chi connectivity index (χ3n) is 5.27. The van der Waals surface area contributed by atoms with Gasteiger partial charge in [-0.3, -0.25) is 9.10 Å². The monoisotopic (exact) mass is 416 g/mol. The Hall–Kier alpha value is -2.38. The molecule has 0 radical (unpaired) electrons. The van der Waals surface area contributed by atoms with Crippen molar-refractivity contribution >= 4 is 21.7 Å². The molecule has 6 nitrogen and oxygen atoms in total. The second-order valence-electron chi connectivity index (χ2n) is 7.21. The molecule has 0 bridgehead atoms. The van der Waals surface area contributed by atoms with Crippen LogP contribution in [0, 0.1) is 0 Å². The van der Waals surface area contributed by atoms with Crippen LogP contribution in [0.4, 0.5) is 5.69 Å². The van der Waals surface area contributed by atoms with Gasteiger partial charge in [-0.25, -0.2) is 8.42 Å². The lowest BCUT2D eigenvalue weighted by Gasteiger charge is -2.24. The molecule has 1 atom stereocenters. The fourth-order valence-electron chi connectivity index (χ4n) is 3.89. The first-order valence-electron chi connectivity index (χ1n) is 10.1. The summed E-state index contributed by atoms with van der Waals surface area (Å²) in [5.41, 5.74) is 2.43. The molecule has 1 aliphatic heterocycles. The van der Waals surface area contributed by atoms with Crippen LogP contribution in [0.3, 0.4) is 0 Å². The van der Waals surface area contributed by atoms with Crippen LogP contribution in [0.1, 0.15) is 56.2 Å². The zero-order valence-electron chi connectivity index (χ0n) is 16.7. The number of hydrogen-bond donors (Lipinski definition) is 2. The Morgan fingerprint density at radius 1 is 1.00 bits per heavy atom. The van der Waals surface area contributed by atoms with E-state index in [4.69, 9.17) is 5.11 Å². The van der Waals surface area contributed by atoms with E-state index >= 15 is 0 Å². The van der Waals surface area contributed by atoms with Gasteiger partial charge in [0.25, 0.3) is 10.0 Å². The van der Waals surface area contributed by atoms with Gasteiger partial charge < -0.3 is 10.4 Å². The maximum atomic E-state index is 13.3. The molecule has 0 spiro atoms. The molecular weight excluding hydrogens is 388 g/mol. The minimum atomic E-state index is -3.63. The Bertz CT molecular complexity index is 959. The van der Waals surface area contributed by atoms with Crippen molar-refractivity contribution in [3.63, 3.8) is 0 Å². The number of rotatable bonds is 9. The average Bonchev–Trinajstić information content (AvgIpc) is 2.78. The van der Waals surface area contributed by atoms with Gasteiger partial charge in [0.15, 0.2) is 0 Å². The summed E-state index contributed by atoms with van der Waals surface area (Å²) in [5.74, 6) is -0.753. The second kappa shape index (κ2) is 9.41. The lowest BCUT2D eigenvalue weighted by Crippen LogP contribution is -2.30. The van der Waals surface area contributed by atoms with Crippen molar-refractivity contribution in [1.29, 1.82) is 0 Å². The van der Waals surface area contributed by atoms with Crippen LogP contribution in [0.5, 0.6) is 0 Å². The number of nitrogens with one attached hydrogen (secondary N) is 1. The van der Waals surface area contributed by atoms with E-state index in [-0.39, 0.29) is 12.5 Å². The Kier molecular flexibility index (Phi) is 6.92. The molecule has 29 heavy (non-hydrogen) atoms. The summed E-state index contributed by atoms with van der Waals surface area (Å²) in [7, 11) is -3.63. The van der Waals surface area contributed by atoms with Crippen LogP contribution in [0.15, 0.2) is 53.4 Å². The maximum Gasteiger partial charge on any atom is 0.303 e. The predicted molar refractivity (Wildman–Crippen MR) is 114 cm³/mol. The van der Waals surface area contributed by atoms with Gasteiger partial charge >= 0.3 is 5.97 Å². The summed E-state index contributed by atoms with van der Waals surface area (Å²) in [6.07, 6.45) is 3.62. The quantitative estimate of drug-likeness (QED) is 0.605. The number of nitrogens with zero attached hydrogens (tertiary/aromatic N) is 1. The van der Waals surface area contributed by atoms with Crippen molar-refractivity contribution in [2.45, 2.75) is 50.0 Å². The van der Waals surface area contributed by atoms with E-state index in [0.29, 0.717) is 23.5 Å². The number of sulfonamides is 1. The van der Waals surface area contributed by atoms with Crippen molar-refractivity contribution in [1.82, 2.24) is 5.32 Å². The summed E-state index contributed by atoms with van der Waals surface area (Å²) in [5, 5.41) is 12.3. The Labute approximate surface area is 172 Å². The summed E-state index contributed by atoms with van der Waals surface area (Å²) in [6, 6.07) is 14.6. The van der Waals surface area contributed by atoms with Crippen LogP contribution in [-0.2, 0) is 14.8 Å². The number of carboxylic acid groups (broad SMARTS) is 1. The zero-order valence-corrected chi connectivity index (χ0v) is 17.5. The van der Waals surface area contributed by atoms with Gasteiger partial charge in [-0.2, -0.15) is 0 Å². The van der Waals surface area contributed by atoms with E-state index in [9.17, 15) is 13.2 Å². The summed E-state index contributed by atoms with van der Waals surface area (Å²) >= 11 is 0. The van der Waals surface area contributed by atoms with Crippen molar-refractivity contribution in [3.8, 4) is 0 Å². The minimum absolute atomic E-state index is 0.210. The summed E-state index contributed by atoms with van der Waals surface area (Å²) in [6.45, 7) is 2.94. The lowest BCUT2D eigenvalue weighted by atomic mass is 9.96. The molecular formula is C22H28N2O4S. The first-order valence-corrected chi connectivity index (χ1v) is 11.6. The number of fused-ring (bicyclic) bond motifs is 2. The van der Waals surface area contributed by atoms with Gasteiger partial charge in [-0.1, -0.05) is 49.2 Å². The highest BCUT2D eigenvalue weighted by Crippen LogP contribution is 2.40. The van der Waals surface area contributed by atoms with Gasteiger partial charge in [0, 0.05) is 13.0 Å². The first kappa shape index (κ1) is 21.3. The number of anilines is 1. The fraction of sp³-hybridized carbons (Fsp3) is 0.409. The first-order chi connectivity index (χ1) is 14.0. The Morgan fingerprint density at radius 2 is 1.66 bits per heavy atom. The molecule has 2 aromatic rings. The van der Waals surface area contributed by atoms with E-state index in [1.54, 1.807) is 12.1 Å². The molecule has 1 heterocycles. The largest absolute Gasteiger partial charge is 0.481 e. The van der Waals surface area contributed by atoms with Crippen molar-refractivity contribution in [3.05, 3.63) is 59.7 Å². The molecule has 156 valence electrons. The van der Waals surface area contributed by atoms with E-state index in [1.807, 2.05) is 43.3 Å². The average molecular weight is 417 g/mol. The molecule has 1 aliphatic rings. The Balaban J connectivity index is 1.84. The Morgan fingerprint density at radius 3 is 2.38 bits per heavy atom. The number of para-hydroxylation sites is 1. The summed E-state index contributed by atoms with van der Waals surface area (Å²) in [4.78, 5) is 10.9. The zero-order chi connectivity index (χ0) is 20.9. The number of aliphatic carboxylic acids is 1. The molecule has 1 unspecified atom stereocenters. The molecule has 3 rings (SSSR count). The standard InChI is InChI=1S/C22H28N2O4S/c1-2-24-19-13-8-6-11-17(19)22(23-16-10-4-3-5-15-21(25)26)18-12-7-9-14-20(18)29(24,27)28/h6-9,11-14,22-23H,2-5,10,15-16H2,1H3,(H,25,26). The van der Waals surface area contributed by atoms with Crippen LogP contribution >= 0.6 is 0 Å². The maximum absolute atomic E-state index is 13.3. The number of carboxylic acids is 1. The van der Waals surface area contributed by atoms with E-state index in [2.05, 4.69) is 5.32 Å². The third kappa shape index (κ3) is 4.62. The fourth-order valence-corrected chi connectivity index (χ4v) is 5.63. The number of hydrogen-bond acceptors (Lipinski definition) is 4. The highest BCUT2D eigenvalue weighted by atomic mass is 32.2. The highest BCUT2D eigenvalue weighted by molar-refractivity contribution is 7.93. The molecule has 7 heteroatoms. The molecule has 0 aliphatic carbocycles. The molecule has 2 aromatic carbocycles. The molecule has 0 aromatic heterocycles. The highest BCUT2D eigenvalue weighted by Gasteiger charge is 2.35. The van der Waals surface area contributed by atoms with E-state index in [1.165, 1.54) is 4.31 Å². The SMILES string of the molecule is CCN1c2ccccc2C(NCCCCCCC(=O)O)c2ccccc2S1(=O)=O. The normalized spacial score (nSPS) is 17.3. The van der Waals surface area contributed by atoms with Gasteiger partial charge in [0.05, 0.1) is 16.6 Å². The minimum Gasteiger partial charge on any atom is -0.481 e. The summed E-state index contributed by atoms with van der Waals surface area (Å²) < 4.78 is 28.1. The topological polar surface area (TPSA) is 86.7 Å². The second-order valence-corrected chi connectivity index (χ2v) is 9.04. The molecule has 0 saturated carbocycles. The third-order valence-corrected chi connectivity index (χ3v) is 7.23. The van der Waals surface area contributed by atoms with Gasteiger partial charge in [-0.15, -0.1) is 0 Å². The van der Waals surface area contributed by atoms with E-state index < -0.39 is 16.0 Å². The van der Waals surface area contributed by atoms with Crippen LogP contribution in [0.25, 0.3) is 0 Å². The number of benzene rings is 2. The smallest absolute Gasteiger partial charge is 0.303 e. The molecule has 0 fully saturated rings. The molecule has 0 amide bonds. The molecule has 2 N–H and O–H groups in total. The van der Waals surface area contributed by atoms with Crippen LogP contribution in [-0.4, -0.2) is 32.6 Å². The van der Waals surface area contributed by atoms with Crippen molar-refractivity contribution in [2.24, 2.45) is 0 Å². The predicted octanol–water partition coefficient (Wildman–Crippen LogP) is 3.93. The van der Waals surface area contributed by atoms with E-state index in [0.717, 1.165) is 36.9 Å². The number of carbonyl (C=O) groups is 1. The van der Waals surface area contributed by atoms with Gasteiger partial charge in [-0.05, 0) is 49.6 Å². The van der Waals surface area contributed by atoms with Crippen LogP contribution in [0.2, 0.25) is 0 Å². The number of unbranched alkanes of at least 4 members (excludes halogenated alkanes) is 3. The van der Waals surface area contributed by atoms with Gasteiger partial charge in [0.1, 0.15) is 0 Å².